The summed E-state index contributed by atoms with van der Waals surface area (Å²) in [5.74, 6) is -0.718. The third-order valence-electron chi connectivity index (χ3n) is 2.89. The van der Waals surface area contributed by atoms with Crippen LogP contribution in [0.25, 0.3) is 0 Å². The van der Waals surface area contributed by atoms with E-state index in [1.54, 1.807) is 0 Å². The van der Waals surface area contributed by atoms with Crippen LogP contribution >= 0.6 is 0 Å². The number of hydrogen-bond acceptors (Lipinski definition) is 2. The SMILES string of the molecule is CCC1CCCC(N)C1C(=O)O. The number of carboxylic acids is 1. The van der Waals surface area contributed by atoms with E-state index in [0.29, 0.717) is 5.92 Å². The Balaban J connectivity index is 2.66. The number of hydrogen-bond donors (Lipinski definition) is 2. The zero-order chi connectivity index (χ0) is 9.14. The lowest BCUT2D eigenvalue weighted by molar-refractivity contribution is -0.145. The summed E-state index contributed by atoms with van der Waals surface area (Å²) in [6.07, 6.45) is 3.92. The molecule has 0 saturated heterocycles. The van der Waals surface area contributed by atoms with Gasteiger partial charge in [-0.25, -0.2) is 0 Å². The molecule has 3 atom stereocenters. The van der Waals surface area contributed by atoms with Crippen LogP contribution in [0.1, 0.15) is 32.6 Å². The summed E-state index contributed by atoms with van der Waals surface area (Å²) >= 11 is 0. The van der Waals surface area contributed by atoms with Gasteiger partial charge in [0.25, 0.3) is 0 Å². The van der Waals surface area contributed by atoms with Crippen LogP contribution in [0.4, 0.5) is 0 Å². The minimum atomic E-state index is -0.714. The molecular formula is C9H17NO2. The van der Waals surface area contributed by atoms with Crippen molar-refractivity contribution in [2.45, 2.75) is 38.6 Å². The van der Waals surface area contributed by atoms with Gasteiger partial charge in [-0.1, -0.05) is 19.8 Å². The van der Waals surface area contributed by atoms with E-state index in [4.69, 9.17) is 10.8 Å². The fourth-order valence-corrected chi connectivity index (χ4v) is 2.17. The number of carbonyl (C=O) groups is 1. The van der Waals surface area contributed by atoms with Crippen LogP contribution in [0, 0.1) is 11.8 Å². The van der Waals surface area contributed by atoms with Crippen molar-refractivity contribution in [1.82, 2.24) is 0 Å². The standard InChI is InChI=1S/C9H17NO2/c1-2-6-4-3-5-7(10)8(6)9(11)12/h6-8H,2-5,10H2,1H3,(H,11,12). The second-order valence-electron chi connectivity index (χ2n) is 3.63. The zero-order valence-corrected chi connectivity index (χ0v) is 7.49. The summed E-state index contributed by atoms with van der Waals surface area (Å²) in [6, 6.07) is -0.124. The van der Waals surface area contributed by atoms with Gasteiger partial charge in [0, 0.05) is 6.04 Å². The van der Waals surface area contributed by atoms with E-state index < -0.39 is 5.97 Å². The monoisotopic (exact) mass is 171 g/mol. The van der Waals surface area contributed by atoms with Gasteiger partial charge in [0.2, 0.25) is 0 Å². The molecule has 1 rings (SSSR count). The molecule has 70 valence electrons. The van der Waals surface area contributed by atoms with Crippen molar-refractivity contribution in [3.05, 3.63) is 0 Å². The number of nitrogens with two attached hydrogens (primary N) is 1. The molecule has 1 saturated carbocycles. The molecule has 3 unspecified atom stereocenters. The topological polar surface area (TPSA) is 63.3 Å². The van der Waals surface area contributed by atoms with Gasteiger partial charge in [0.15, 0.2) is 0 Å². The third kappa shape index (κ3) is 1.78. The Hall–Kier alpha value is -0.570. The molecule has 0 aliphatic heterocycles. The lowest BCUT2D eigenvalue weighted by Crippen LogP contribution is -2.43. The van der Waals surface area contributed by atoms with E-state index in [0.717, 1.165) is 25.7 Å². The molecule has 1 aliphatic rings. The first-order chi connectivity index (χ1) is 5.66. The summed E-state index contributed by atoms with van der Waals surface area (Å²) < 4.78 is 0. The summed E-state index contributed by atoms with van der Waals surface area (Å²) in [7, 11) is 0. The molecule has 0 aromatic rings. The maximum absolute atomic E-state index is 10.9. The van der Waals surface area contributed by atoms with Crippen molar-refractivity contribution >= 4 is 5.97 Å². The van der Waals surface area contributed by atoms with Crippen molar-refractivity contribution in [3.8, 4) is 0 Å². The second-order valence-corrected chi connectivity index (χ2v) is 3.63. The van der Waals surface area contributed by atoms with E-state index in [-0.39, 0.29) is 12.0 Å². The van der Waals surface area contributed by atoms with Crippen molar-refractivity contribution < 1.29 is 9.90 Å². The van der Waals surface area contributed by atoms with Crippen molar-refractivity contribution in [1.29, 1.82) is 0 Å². The van der Waals surface area contributed by atoms with Gasteiger partial charge in [-0.3, -0.25) is 4.79 Å². The minimum Gasteiger partial charge on any atom is -0.481 e. The second kappa shape index (κ2) is 3.90. The Morgan fingerprint density at radius 3 is 2.67 bits per heavy atom. The molecule has 1 fully saturated rings. The highest BCUT2D eigenvalue weighted by Gasteiger charge is 2.35. The highest BCUT2D eigenvalue weighted by Crippen LogP contribution is 2.31. The molecule has 0 spiro atoms. The quantitative estimate of drug-likeness (QED) is 0.656. The molecule has 3 N–H and O–H groups in total. The van der Waals surface area contributed by atoms with Gasteiger partial charge >= 0.3 is 5.97 Å². The Morgan fingerprint density at radius 2 is 2.25 bits per heavy atom. The molecule has 0 amide bonds. The summed E-state index contributed by atoms with van der Waals surface area (Å²) in [5.41, 5.74) is 5.77. The predicted molar refractivity (Wildman–Crippen MR) is 46.7 cm³/mol. The van der Waals surface area contributed by atoms with Gasteiger partial charge < -0.3 is 10.8 Å². The molecule has 0 aromatic heterocycles. The largest absolute Gasteiger partial charge is 0.481 e. The Bertz CT molecular complexity index is 170. The van der Waals surface area contributed by atoms with Crippen LogP contribution < -0.4 is 5.73 Å². The molecule has 12 heavy (non-hydrogen) atoms. The van der Waals surface area contributed by atoms with Gasteiger partial charge in [0.05, 0.1) is 5.92 Å². The van der Waals surface area contributed by atoms with E-state index in [1.165, 1.54) is 0 Å². The molecule has 0 aromatic carbocycles. The van der Waals surface area contributed by atoms with E-state index in [2.05, 4.69) is 0 Å². The zero-order valence-electron chi connectivity index (χ0n) is 7.49. The average molecular weight is 171 g/mol. The normalized spacial score (nSPS) is 36.3. The van der Waals surface area contributed by atoms with Crippen LogP contribution in [-0.2, 0) is 4.79 Å². The van der Waals surface area contributed by atoms with Crippen LogP contribution in [0.15, 0.2) is 0 Å². The average Bonchev–Trinajstić information content (AvgIpc) is 2.03. The van der Waals surface area contributed by atoms with Crippen LogP contribution in [0.2, 0.25) is 0 Å². The predicted octanol–water partition coefficient (Wildman–Crippen LogP) is 1.22. The van der Waals surface area contributed by atoms with Crippen molar-refractivity contribution in [3.63, 3.8) is 0 Å². The first-order valence-corrected chi connectivity index (χ1v) is 4.65. The molecule has 0 radical (unpaired) electrons. The number of aliphatic carboxylic acids is 1. The molecular weight excluding hydrogens is 154 g/mol. The first-order valence-electron chi connectivity index (χ1n) is 4.65. The molecule has 3 nitrogen and oxygen atoms in total. The molecule has 0 bridgehead atoms. The molecule has 3 heteroatoms. The van der Waals surface area contributed by atoms with Gasteiger partial charge in [-0.15, -0.1) is 0 Å². The highest BCUT2D eigenvalue weighted by molar-refractivity contribution is 5.71. The van der Waals surface area contributed by atoms with Crippen LogP contribution in [0.3, 0.4) is 0 Å². The highest BCUT2D eigenvalue weighted by atomic mass is 16.4. The van der Waals surface area contributed by atoms with E-state index in [1.807, 2.05) is 6.92 Å². The smallest absolute Gasteiger partial charge is 0.308 e. The first kappa shape index (κ1) is 9.52. The Morgan fingerprint density at radius 1 is 1.58 bits per heavy atom. The fourth-order valence-electron chi connectivity index (χ4n) is 2.17. The molecule has 0 heterocycles. The van der Waals surface area contributed by atoms with Crippen molar-refractivity contribution in [2.24, 2.45) is 17.6 Å². The maximum Gasteiger partial charge on any atom is 0.308 e. The number of carboxylic acid groups (broad SMARTS) is 1. The third-order valence-corrected chi connectivity index (χ3v) is 2.89. The lowest BCUT2D eigenvalue weighted by Gasteiger charge is -2.32. The lowest BCUT2D eigenvalue weighted by atomic mass is 9.75. The summed E-state index contributed by atoms with van der Waals surface area (Å²) in [4.78, 5) is 10.9. The Labute approximate surface area is 72.9 Å². The van der Waals surface area contributed by atoms with Gasteiger partial charge in [-0.2, -0.15) is 0 Å². The maximum atomic E-state index is 10.9. The minimum absolute atomic E-state index is 0.124. The van der Waals surface area contributed by atoms with Crippen molar-refractivity contribution in [2.75, 3.05) is 0 Å². The summed E-state index contributed by atoms with van der Waals surface area (Å²) in [5, 5.41) is 8.93. The van der Waals surface area contributed by atoms with Gasteiger partial charge in [-0.05, 0) is 18.8 Å². The van der Waals surface area contributed by atoms with Crippen LogP contribution in [0.5, 0.6) is 0 Å². The van der Waals surface area contributed by atoms with Gasteiger partial charge in [0.1, 0.15) is 0 Å². The fraction of sp³-hybridized carbons (Fsp3) is 0.889. The Kier molecular flexibility index (Phi) is 3.09. The number of rotatable bonds is 2. The van der Waals surface area contributed by atoms with Crippen LogP contribution in [-0.4, -0.2) is 17.1 Å². The summed E-state index contributed by atoms with van der Waals surface area (Å²) in [6.45, 7) is 2.04. The molecule has 1 aliphatic carbocycles. The van der Waals surface area contributed by atoms with E-state index in [9.17, 15) is 4.79 Å². The van der Waals surface area contributed by atoms with E-state index >= 15 is 0 Å².